The number of aromatic nitrogens is 1. The van der Waals surface area contributed by atoms with Crippen LogP contribution in [0.5, 0.6) is 0 Å². The van der Waals surface area contributed by atoms with Gasteiger partial charge in [0.05, 0.1) is 6.20 Å². The van der Waals surface area contributed by atoms with Crippen molar-refractivity contribution in [1.29, 1.82) is 0 Å². The number of hydrogen-bond acceptors (Lipinski definition) is 2. The summed E-state index contributed by atoms with van der Waals surface area (Å²) in [4.78, 5) is 4.18. The number of rotatable bonds is 1. The van der Waals surface area contributed by atoms with Crippen LogP contribution >= 0.6 is 22.9 Å². The van der Waals surface area contributed by atoms with Gasteiger partial charge in [0.1, 0.15) is 9.34 Å². The van der Waals surface area contributed by atoms with Crippen LogP contribution in [-0.4, -0.2) is 4.98 Å². The number of benzene rings is 1. The summed E-state index contributed by atoms with van der Waals surface area (Å²) >= 11 is 7.27. The van der Waals surface area contributed by atoms with E-state index in [1.165, 1.54) is 11.3 Å². The molecule has 0 bridgehead atoms. The van der Waals surface area contributed by atoms with Gasteiger partial charge in [0, 0.05) is 5.56 Å². The van der Waals surface area contributed by atoms with Crippen molar-refractivity contribution >= 4 is 22.9 Å². The van der Waals surface area contributed by atoms with Gasteiger partial charge >= 0.3 is 0 Å². The molecule has 1 aromatic heterocycles. The molecular formula is C10H7ClNS. The van der Waals surface area contributed by atoms with E-state index in [-0.39, 0.29) is 0 Å². The number of nitrogens with zero attached hydrogens (tertiary/aromatic N) is 1. The fourth-order valence-electron chi connectivity index (χ4n) is 1.04. The van der Waals surface area contributed by atoms with E-state index in [2.05, 4.69) is 11.9 Å². The maximum Gasteiger partial charge on any atom is 0.124 e. The van der Waals surface area contributed by atoms with E-state index in [0.29, 0.717) is 4.34 Å². The summed E-state index contributed by atoms with van der Waals surface area (Å²) < 4.78 is 0.716. The molecular weight excluding hydrogens is 202 g/mol. The Balaban J connectivity index is 2.41. The lowest BCUT2D eigenvalue weighted by Gasteiger charge is -1.95. The molecule has 0 saturated heterocycles. The molecule has 1 radical (unpaired) electrons. The molecule has 0 amide bonds. The maximum atomic E-state index is 5.79. The molecule has 0 atom stereocenters. The molecule has 2 aromatic rings. The monoisotopic (exact) mass is 208 g/mol. The van der Waals surface area contributed by atoms with Crippen molar-refractivity contribution in [1.82, 2.24) is 4.98 Å². The number of thiazole rings is 1. The molecule has 3 heteroatoms. The molecule has 1 aromatic carbocycles. The molecule has 0 fully saturated rings. The zero-order valence-corrected chi connectivity index (χ0v) is 8.40. The van der Waals surface area contributed by atoms with Crippen LogP contribution in [0.15, 0.2) is 30.5 Å². The second kappa shape index (κ2) is 3.48. The summed E-state index contributed by atoms with van der Waals surface area (Å²) in [6.07, 6.45) is 1.67. The van der Waals surface area contributed by atoms with E-state index in [0.717, 1.165) is 16.1 Å². The predicted molar refractivity (Wildman–Crippen MR) is 57.0 cm³/mol. The van der Waals surface area contributed by atoms with Gasteiger partial charge < -0.3 is 0 Å². The van der Waals surface area contributed by atoms with E-state index >= 15 is 0 Å². The molecule has 0 aliphatic carbocycles. The van der Waals surface area contributed by atoms with Gasteiger partial charge in [-0.25, -0.2) is 4.98 Å². The Morgan fingerprint density at radius 1 is 1.23 bits per heavy atom. The Bertz CT molecular complexity index is 405. The van der Waals surface area contributed by atoms with Crippen LogP contribution in [-0.2, 0) is 0 Å². The first-order valence-corrected chi connectivity index (χ1v) is 4.99. The molecule has 0 N–H and O–H groups in total. The molecule has 0 spiro atoms. The van der Waals surface area contributed by atoms with Gasteiger partial charge in [-0.15, -0.1) is 11.3 Å². The van der Waals surface area contributed by atoms with Crippen LogP contribution in [0.3, 0.4) is 0 Å². The van der Waals surface area contributed by atoms with Gasteiger partial charge in [-0.1, -0.05) is 35.9 Å². The Labute approximate surface area is 86.0 Å². The highest BCUT2D eigenvalue weighted by Crippen LogP contribution is 2.27. The largest absolute Gasteiger partial charge is 0.243 e. The standard InChI is InChI=1S/C10H7ClNS/c1-7-2-4-8(5-3-7)10-12-6-9(11)13-10/h2-6H,1H2. The van der Waals surface area contributed by atoms with Gasteiger partial charge in [0.2, 0.25) is 0 Å². The first kappa shape index (κ1) is 8.73. The van der Waals surface area contributed by atoms with E-state index in [4.69, 9.17) is 11.6 Å². The summed E-state index contributed by atoms with van der Waals surface area (Å²) in [7, 11) is 0. The first-order chi connectivity index (χ1) is 6.25. The molecule has 0 saturated carbocycles. The van der Waals surface area contributed by atoms with Gasteiger partial charge in [0.25, 0.3) is 0 Å². The molecule has 2 rings (SSSR count). The molecule has 0 aliphatic rings. The fourth-order valence-corrected chi connectivity index (χ4v) is 1.95. The smallest absolute Gasteiger partial charge is 0.124 e. The van der Waals surface area contributed by atoms with Gasteiger partial charge in [-0.3, -0.25) is 0 Å². The van der Waals surface area contributed by atoms with Gasteiger partial charge in [-0.05, 0) is 12.5 Å². The third kappa shape index (κ3) is 1.90. The summed E-state index contributed by atoms with van der Waals surface area (Å²) in [5.41, 5.74) is 2.09. The summed E-state index contributed by atoms with van der Waals surface area (Å²) in [5.74, 6) is 0. The summed E-state index contributed by atoms with van der Waals surface area (Å²) in [5, 5.41) is 0.949. The van der Waals surface area contributed by atoms with Crippen LogP contribution in [0.2, 0.25) is 4.34 Å². The topological polar surface area (TPSA) is 12.9 Å². The Morgan fingerprint density at radius 2 is 1.92 bits per heavy atom. The second-order valence-electron chi connectivity index (χ2n) is 2.67. The van der Waals surface area contributed by atoms with Crippen LogP contribution in [0.4, 0.5) is 0 Å². The van der Waals surface area contributed by atoms with Crippen LogP contribution in [0.25, 0.3) is 10.6 Å². The minimum absolute atomic E-state index is 0.716. The average Bonchev–Trinajstić information content (AvgIpc) is 2.53. The lowest BCUT2D eigenvalue weighted by Crippen LogP contribution is -1.75. The van der Waals surface area contributed by atoms with Gasteiger partial charge in [0.15, 0.2) is 0 Å². The highest BCUT2D eigenvalue weighted by atomic mass is 35.5. The summed E-state index contributed by atoms with van der Waals surface area (Å²) in [6, 6.07) is 7.92. The van der Waals surface area contributed by atoms with Crippen LogP contribution < -0.4 is 0 Å². The summed E-state index contributed by atoms with van der Waals surface area (Å²) in [6.45, 7) is 3.82. The SMILES string of the molecule is [CH2]c1ccc(-c2ncc(Cl)s2)cc1. The maximum absolute atomic E-state index is 5.79. The van der Waals surface area contributed by atoms with E-state index < -0.39 is 0 Å². The third-order valence-corrected chi connectivity index (χ3v) is 2.84. The van der Waals surface area contributed by atoms with Gasteiger partial charge in [-0.2, -0.15) is 0 Å². The molecule has 1 nitrogen and oxygen atoms in total. The lowest BCUT2D eigenvalue weighted by atomic mass is 10.2. The van der Waals surface area contributed by atoms with Crippen molar-refractivity contribution in [3.8, 4) is 10.6 Å². The fraction of sp³-hybridized carbons (Fsp3) is 0. The van der Waals surface area contributed by atoms with E-state index in [1.54, 1.807) is 6.20 Å². The lowest BCUT2D eigenvalue weighted by molar-refractivity contribution is 1.41. The zero-order valence-electron chi connectivity index (χ0n) is 6.83. The van der Waals surface area contributed by atoms with Crippen molar-refractivity contribution in [2.75, 3.05) is 0 Å². The Kier molecular flexibility index (Phi) is 2.34. The van der Waals surface area contributed by atoms with E-state index in [9.17, 15) is 0 Å². The first-order valence-electron chi connectivity index (χ1n) is 3.79. The van der Waals surface area contributed by atoms with Crippen molar-refractivity contribution < 1.29 is 0 Å². The highest BCUT2D eigenvalue weighted by molar-refractivity contribution is 7.18. The molecule has 0 unspecified atom stereocenters. The molecule has 1 heterocycles. The minimum atomic E-state index is 0.716. The quantitative estimate of drug-likeness (QED) is 0.697. The zero-order chi connectivity index (χ0) is 9.26. The van der Waals surface area contributed by atoms with Crippen molar-refractivity contribution in [2.24, 2.45) is 0 Å². The normalized spacial score (nSPS) is 10.3. The van der Waals surface area contributed by atoms with Crippen molar-refractivity contribution in [3.63, 3.8) is 0 Å². The van der Waals surface area contributed by atoms with Crippen LogP contribution in [0.1, 0.15) is 5.56 Å². The van der Waals surface area contributed by atoms with Crippen molar-refractivity contribution in [3.05, 3.63) is 47.3 Å². The highest BCUT2D eigenvalue weighted by Gasteiger charge is 2.01. The predicted octanol–water partition coefficient (Wildman–Crippen LogP) is 3.65. The van der Waals surface area contributed by atoms with Crippen molar-refractivity contribution in [2.45, 2.75) is 0 Å². The minimum Gasteiger partial charge on any atom is -0.243 e. The number of halogens is 1. The second-order valence-corrected chi connectivity index (χ2v) is 4.33. The average molecular weight is 209 g/mol. The van der Waals surface area contributed by atoms with Crippen LogP contribution in [0, 0.1) is 6.92 Å². The number of hydrogen-bond donors (Lipinski definition) is 0. The molecule has 65 valence electrons. The Hall–Kier alpha value is -0.860. The third-order valence-electron chi connectivity index (χ3n) is 1.68. The van der Waals surface area contributed by atoms with E-state index in [1.807, 2.05) is 24.3 Å². The Morgan fingerprint density at radius 3 is 2.46 bits per heavy atom. The molecule has 0 aliphatic heterocycles. The molecule has 13 heavy (non-hydrogen) atoms.